The summed E-state index contributed by atoms with van der Waals surface area (Å²) >= 11 is 0. The highest BCUT2D eigenvalue weighted by molar-refractivity contribution is 5.52. The van der Waals surface area contributed by atoms with Crippen molar-refractivity contribution in [3.63, 3.8) is 0 Å². The van der Waals surface area contributed by atoms with E-state index in [1.54, 1.807) is 11.1 Å². The van der Waals surface area contributed by atoms with E-state index in [1.165, 1.54) is 12.0 Å². The van der Waals surface area contributed by atoms with E-state index in [9.17, 15) is 0 Å². The summed E-state index contributed by atoms with van der Waals surface area (Å²) in [6.07, 6.45) is 8.96. The van der Waals surface area contributed by atoms with Crippen molar-refractivity contribution in [1.29, 1.82) is 0 Å². The zero-order valence-corrected chi connectivity index (χ0v) is 18.1. The number of allylic oxidation sites excluding steroid dienone is 6. The summed E-state index contributed by atoms with van der Waals surface area (Å²) in [5.74, 6) is 1.19. The summed E-state index contributed by atoms with van der Waals surface area (Å²) in [4.78, 5) is 0. The van der Waals surface area contributed by atoms with Gasteiger partial charge in [-0.25, -0.2) is 0 Å². The Labute approximate surface area is 151 Å². The predicted molar refractivity (Wildman–Crippen MR) is 108 cm³/mol. The van der Waals surface area contributed by atoms with Crippen molar-refractivity contribution >= 4 is 0 Å². The molecular weight excluding hydrogens is 288 g/mol. The van der Waals surface area contributed by atoms with Gasteiger partial charge in [-0.2, -0.15) is 0 Å². The van der Waals surface area contributed by atoms with Crippen LogP contribution in [-0.2, 0) is 0 Å². The van der Waals surface area contributed by atoms with E-state index >= 15 is 0 Å². The molecule has 0 aliphatic heterocycles. The monoisotopic (exact) mass is 328 g/mol. The maximum absolute atomic E-state index is 2.62. The van der Waals surface area contributed by atoms with Gasteiger partial charge in [0.25, 0.3) is 0 Å². The summed E-state index contributed by atoms with van der Waals surface area (Å²) in [5, 5.41) is 0. The normalized spacial score (nSPS) is 27.9. The third-order valence-electron chi connectivity index (χ3n) is 6.04. The van der Waals surface area contributed by atoms with Gasteiger partial charge in [-0.15, -0.1) is 0 Å². The molecule has 0 saturated carbocycles. The van der Waals surface area contributed by atoms with Crippen molar-refractivity contribution in [2.75, 3.05) is 0 Å². The number of hydrogen-bond donors (Lipinski definition) is 0. The van der Waals surface area contributed by atoms with Crippen molar-refractivity contribution in [3.05, 3.63) is 34.9 Å². The van der Waals surface area contributed by atoms with Gasteiger partial charge < -0.3 is 0 Å². The molecule has 0 saturated heterocycles. The average Bonchev–Trinajstić information content (AvgIpc) is 2.86. The van der Waals surface area contributed by atoms with Crippen molar-refractivity contribution in [1.82, 2.24) is 0 Å². The first-order chi connectivity index (χ1) is 10.5. The van der Waals surface area contributed by atoms with Crippen LogP contribution >= 0.6 is 0 Å². The van der Waals surface area contributed by atoms with Crippen LogP contribution < -0.4 is 0 Å². The Morgan fingerprint density at radius 1 is 0.833 bits per heavy atom. The molecule has 2 aliphatic carbocycles. The van der Waals surface area contributed by atoms with Crippen LogP contribution in [0.15, 0.2) is 34.9 Å². The largest absolute Gasteiger partial charge is 0.0768 e. The van der Waals surface area contributed by atoms with Gasteiger partial charge in [0, 0.05) is 5.92 Å². The first-order valence-corrected chi connectivity index (χ1v) is 9.70. The zero-order valence-electron chi connectivity index (χ0n) is 18.1. The molecule has 0 nitrogen and oxygen atoms in total. The lowest BCUT2D eigenvalue weighted by molar-refractivity contribution is 0.242. The minimum absolute atomic E-state index is 0.220. The van der Waals surface area contributed by atoms with Crippen molar-refractivity contribution in [3.8, 4) is 0 Å². The molecule has 0 bridgehead atoms. The highest BCUT2D eigenvalue weighted by atomic mass is 14.5. The Balaban J connectivity index is 2.52. The standard InChI is InChI=1S/C24H40/c1-21(2,3)16-12-18(19(13-16)23(7,8)9)20-14-17(22(4,5)6)15-24(20,10)11/h12-14,17,19H,15H2,1-11H3. The van der Waals surface area contributed by atoms with Gasteiger partial charge in [-0.1, -0.05) is 94.4 Å². The number of rotatable bonds is 1. The molecule has 0 amide bonds. The van der Waals surface area contributed by atoms with E-state index in [0.29, 0.717) is 17.3 Å². The highest BCUT2D eigenvalue weighted by Crippen LogP contribution is 2.55. The summed E-state index contributed by atoms with van der Waals surface area (Å²) in [6, 6.07) is 0. The Morgan fingerprint density at radius 2 is 1.38 bits per heavy atom. The van der Waals surface area contributed by atoms with Gasteiger partial charge >= 0.3 is 0 Å². The molecule has 0 radical (unpaired) electrons. The number of hydrogen-bond acceptors (Lipinski definition) is 0. The predicted octanol–water partition coefficient (Wildman–Crippen LogP) is 7.58. The van der Waals surface area contributed by atoms with Gasteiger partial charge in [-0.3, -0.25) is 0 Å². The van der Waals surface area contributed by atoms with Gasteiger partial charge in [-0.05, 0) is 50.7 Å². The molecule has 2 atom stereocenters. The molecule has 0 heterocycles. The average molecular weight is 329 g/mol. The maximum atomic E-state index is 2.62. The molecule has 2 aliphatic rings. The van der Waals surface area contributed by atoms with Crippen LogP contribution in [0.1, 0.15) is 82.6 Å². The lowest BCUT2D eigenvalue weighted by atomic mass is 9.70. The first-order valence-electron chi connectivity index (χ1n) is 9.70. The van der Waals surface area contributed by atoms with E-state index in [4.69, 9.17) is 0 Å². The summed E-state index contributed by atoms with van der Waals surface area (Å²) in [7, 11) is 0. The van der Waals surface area contributed by atoms with Crippen LogP contribution in [0.25, 0.3) is 0 Å². The van der Waals surface area contributed by atoms with E-state index in [2.05, 4.69) is 94.4 Å². The van der Waals surface area contributed by atoms with Gasteiger partial charge in [0.15, 0.2) is 0 Å². The zero-order chi connectivity index (χ0) is 18.7. The molecule has 0 spiro atoms. The van der Waals surface area contributed by atoms with E-state index in [1.807, 2.05) is 0 Å². The molecule has 0 heteroatoms. The molecule has 0 aromatic heterocycles. The second-order valence-corrected chi connectivity index (χ2v) is 12.0. The fraction of sp³-hybridized carbons (Fsp3) is 0.750. The van der Waals surface area contributed by atoms with Crippen LogP contribution in [0.5, 0.6) is 0 Å². The SMILES string of the molecule is CC(C)(C)C1=CC(C(C)(C)C)C(C2=CC(C(C)(C)C)CC2(C)C)=C1. The van der Waals surface area contributed by atoms with Crippen LogP contribution in [0.4, 0.5) is 0 Å². The second-order valence-electron chi connectivity index (χ2n) is 12.0. The molecule has 2 unspecified atom stereocenters. The highest BCUT2D eigenvalue weighted by Gasteiger charge is 2.43. The molecule has 0 aromatic carbocycles. The lowest BCUT2D eigenvalue weighted by Crippen LogP contribution is -2.24. The Bertz CT molecular complexity index is 585. The van der Waals surface area contributed by atoms with Gasteiger partial charge in [0.1, 0.15) is 0 Å². The molecule has 2 rings (SSSR count). The summed E-state index contributed by atoms with van der Waals surface area (Å²) < 4.78 is 0. The topological polar surface area (TPSA) is 0 Å². The fourth-order valence-corrected chi connectivity index (χ4v) is 4.19. The van der Waals surface area contributed by atoms with Crippen LogP contribution in [0, 0.1) is 33.5 Å². The van der Waals surface area contributed by atoms with E-state index < -0.39 is 0 Å². The Morgan fingerprint density at radius 3 is 1.75 bits per heavy atom. The first kappa shape index (κ1) is 19.5. The molecule has 24 heavy (non-hydrogen) atoms. The van der Waals surface area contributed by atoms with E-state index in [0.717, 1.165) is 0 Å². The van der Waals surface area contributed by atoms with Crippen molar-refractivity contribution < 1.29 is 0 Å². The fourth-order valence-electron chi connectivity index (χ4n) is 4.19. The van der Waals surface area contributed by atoms with E-state index in [-0.39, 0.29) is 16.2 Å². The van der Waals surface area contributed by atoms with Crippen molar-refractivity contribution in [2.45, 2.75) is 82.6 Å². The minimum Gasteiger partial charge on any atom is -0.0768 e. The summed E-state index contributed by atoms with van der Waals surface area (Å²) in [5.41, 5.74) is 5.80. The molecule has 0 aromatic rings. The van der Waals surface area contributed by atoms with Crippen molar-refractivity contribution in [2.24, 2.45) is 33.5 Å². The maximum Gasteiger partial charge on any atom is 0.00755 e. The third kappa shape index (κ3) is 3.73. The van der Waals surface area contributed by atoms with Crippen LogP contribution in [0.3, 0.4) is 0 Å². The third-order valence-corrected chi connectivity index (χ3v) is 6.04. The smallest absolute Gasteiger partial charge is 0.00755 e. The molecule has 136 valence electrons. The van der Waals surface area contributed by atoms with Gasteiger partial charge in [0.05, 0.1) is 0 Å². The van der Waals surface area contributed by atoms with Crippen LogP contribution in [-0.4, -0.2) is 0 Å². The Hall–Kier alpha value is -0.780. The van der Waals surface area contributed by atoms with Crippen LogP contribution in [0.2, 0.25) is 0 Å². The lowest BCUT2D eigenvalue weighted by Gasteiger charge is -2.34. The Kier molecular flexibility index (Phi) is 4.57. The molecule has 0 fully saturated rings. The molecular formula is C24H40. The minimum atomic E-state index is 0.220. The van der Waals surface area contributed by atoms with Gasteiger partial charge in [0.2, 0.25) is 0 Å². The molecule has 0 N–H and O–H groups in total. The quantitative estimate of drug-likeness (QED) is 0.465. The summed E-state index contributed by atoms with van der Waals surface area (Å²) in [6.45, 7) is 26.2. The second kappa shape index (κ2) is 5.61.